The molecule has 0 bridgehead atoms. The smallest absolute Gasteiger partial charge is 0.305 e. The lowest BCUT2D eigenvalue weighted by atomic mass is 9.94. The highest BCUT2D eigenvalue weighted by Gasteiger charge is 2.52. The number of esters is 1. The summed E-state index contributed by atoms with van der Waals surface area (Å²) in [6.45, 7) is 11.3. The fourth-order valence-corrected chi connectivity index (χ4v) is 2.43. The molecular formula is C15H26O2. The van der Waals surface area contributed by atoms with E-state index in [9.17, 15) is 4.79 Å². The van der Waals surface area contributed by atoms with E-state index in [0.717, 1.165) is 6.42 Å². The first-order valence-corrected chi connectivity index (χ1v) is 6.68. The molecule has 0 amide bonds. The number of rotatable bonds is 6. The Hall–Kier alpha value is -0.790. The van der Waals surface area contributed by atoms with Crippen molar-refractivity contribution in [3.8, 4) is 0 Å². The minimum atomic E-state index is -0.0752. The van der Waals surface area contributed by atoms with E-state index in [-0.39, 0.29) is 11.4 Å². The zero-order chi connectivity index (χ0) is 13.1. The van der Waals surface area contributed by atoms with E-state index in [2.05, 4.69) is 33.8 Å². The second-order valence-electron chi connectivity index (χ2n) is 5.97. The molecule has 1 rings (SSSR count). The van der Waals surface area contributed by atoms with Crippen molar-refractivity contribution < 1.29 is 9.53 Å². The van der Waals surface area contributed by atoms with E-state index in [4.69, 9.17) is 4.74 Å². The van der Waals surface area contributed by atoms with Gasteiger partial charge >= 0.3 is 5.97 Å². The van der Waals surface area contributed by atoms with Crippen LogP contribution in [0.3, 0.4) is 0 Å². The van der Waals surface area contributed by atoms with Crippen LogP contribution in [0.15, 0.2) is 11.6 Å². The maximum atomic E-state index is 11.1. The van der Waals surface area contributed by atoms with Crippen molar-refractivity contribution in [3.63, 3.8) is 0 Å². The number of ether oxygens (including phenoxy) is 1. The lowest BCUT2D eigenvalue weighted by Gasteiger charge is -2.15. The number of carbonyl (C=O) groups excluding carboxylic acids is 1. The van der Waals surface area contributed by atoms with Gasteiger partial charge in [0.25, 0.3) is 0 Å². The highest BCUT2D eigenvalue weighted by Crippen LogP contribution is 2.57. The standard InChI is InChI=1S/C15H26O2/c1-6-14(16)17-10-15(5)9-13(15)12(4)8-7-11(2)3/h7,12-13H,6,8-10H2,1-5H3/t12-,13-,15-/m0/s1. The topological polar surface area (TPSA) is 26.3 Å². The van der Waals surface area contributed by atoms with Gasteiger partial charge in [-0.2, -0.15) is 0 Å². The Balaban J connectivity index is 2.35. The number of hydrogen-bond acceptors (Lipinski definition) is 2. The normalized spacial score (nSPS) is 28.4. The molecule has 0 heterocycles. The Bertz CT molecular complexity index is 302. The number of allylic oxidation sites excluding steroid dienone is 2. The molecule has 0 aromatic carbocycles. The van der Waals surface area contributed by atoms with Crippen LogP contribution in [0, 0.1) is 17.3 Å². The molecule has 0 aromatic rings. The minimum Gasteiger partial charge on any atom is -0.465 e. The molecule has 0 aliphatic heterocycles. The molecule has 0 spiro atoms. The molecule has 1 fully saturated rings. The van der Waals surface area contributed by atoms with Gasteiger partial charge in [-0.15, -0.1) is 0 Å². The average molecular weight is 238 g/mol. The molecule has 98 valence electrons. The van der Waals surface area contributed by atoms with Crippen molar-refractivity contribution >= 4 is 5.97 Å². The van der Waals surface area contributed by atoms with Crippen LogP contribution in [0.1, 0.15) is 53.9 Å². The van der Waals surface area contributed by atoms with Gasteiger partial charge in [0.1, 0.15) is 0 Å². The minimum absolute atomic E-state index is 0.0752. The maximum absolute atomic E-state index is 11.1. The molecule has 1 saturated carbocycles. The molecule has 1 aliphatic rings. The molecule has 2 heteroatoms. The van der Waals surface area contributed by atoms with Gasteiger partial charge in [0.05, 0.1) is 6.61 Å². The zero-order valence-electron chi connectivity index (χ0n) is 11.9. The molecule has 17 heavy (non-hydrogen) atoms. The van der Waals surface area contributed by atoms with Gasteiger partial charge in [0.2, 0.25) is 0 Å². The molecule has 0 aromatic heterocycles. The fraction of sp³-hybridized carbons (Fsp3) is 0.800. The van der Waals surface area contributed by atoms with Crippen molar-refractivity contribution in [2.24, 2.45) is 17.3 Å². The summed E-state index contributed by atoms with van der Waals surface area (Å²) >= 11 is 0. The van der Waals surface area contributed by atoms with Gasteiger partial charge in [0.15, 0.2) is 0 Å². The van der Waals surface area contributed by atoms with Gasteiger partial charge in [-0.3, -0.25) is 4.79 Å². The maximum Gasteiger partial charge on any atom is 0.305 e. The van der Waals surface area contributed by atoms with Crippen LogP contribution in [0.2, 0.25) is 0 Å². The molecular weight excluding hydrogens is 212 g/mol. The van der Waals surface area contributed by atoms with E-state index in [1.54, 1.807) is 0 Å². The second kappa shape index (κ2) is 5.70. The highest BCUT2D eigenvalue weighted by atomic mass is 16.5. The molecule has 0 N–H and O–H groups in total. The summed E-state index contributed by atoms with van der Waals surface area (Å²) < 4.78 is 5.27. The summed E-state index contributed by atoms with van der Waals surface area (Å²) in [6, 6.07) is 0. The van der Waals surface area contributed by atoms with Gasteiger partial charge in [0, 0.05) is 11.8 Å². The predicted molar refractivity (Wildman–Crippen MR) is 70.7 cm³/mol. The van der Waals surface area contributed by atoms with Gasteiger partial charge in [-0.25, -0.2) is 0 Å². The van der Waals surface area contributed by atoms with Crippen molar-refractivity contribution in [2.75, 3.05) is 6.61 Å². The zero-order valence-corrected chi connectivity index (χ0v) is 11.9. The quantitative estimate of drug-likeness (QED) is 0.517. The summed E-state index contributed by atoms with van der Waals surface area (Å²) in [5.41, 5.74) is 1.62. The van der Waals surface area contributed by atoms with Crippen molar-refractivity contribution in [2.45, 2.75) is 53.9 Å². The third-order valence-corrected chi connectivity index (χ3v) is 3.86. The first-order chi connectivity index (χ1) is 7.89. The van der Waals surface area contributed by atoms with Crippen LogP contribution in [-0.2, 0) is 9.53 Å². The third kappa shape index (κ3) is 4.18. The van der Waals surface area contributed by atoms with Crippen LogP contribution in [0.5, 0.6) is 0 Å². The lowest BCUT2D eigenvalue weighted by molar-refractivity contribution is -0.145. The lowest BCUT2D eigenvalue weighted by Crippen LogP contribution is -2.15. The van der Waals surface area contributed by atoms with Gasteiger partial charge < -0.3 is 4.74 Å². The van der Waals surface area contributed by atoms with E-state index >= 15 is 0 Å². The Labute approximate surface area is 105 Å². The predicted octanol–water partition coefficient (Wildman–Crippen LogP) is 3.96. The molecule has 0 unspecified atom stereocenters. The summed E-state index contributed by atoms with van der Waals surface area (Å²) in [5, 5.41) is 0. The fourth-order valence-electron chi connectivity index (χ4n) is 2.43. The summed E-state index contributed by atoms with van der Waals surface area (Å²) in [7, 11) is 0. The monoisotopic (exact) mass is 238 g/mol. The van der Waals surface area contributed by atoms with Crippen LogP contribution >= 0.6 is 0 Å². The van der Waals surface area contributed by atoms with E-state index in [0.29, 0.717) is 24.9 Å². The van der Waals surface area contributed by atoms with Crippen molar-refractivity contribution in [3.05, 3.63) is 11.6 Å². The van der Waals surface area contributed by atoms with E-state index < -0.39 is 0 Å². The van der Waals surface area contributed by atoms with Crippen LogP contribution in [0.25, 0.3) is 0 Å². The van der Waals surface area contributed by atoms with Gasteiger partial charge in [-0.1, -0.05) is 32.4 Å². The summed E-state index contributed by atoms with van der Waals surface area (Å²) in [6.07, 6.45) is 5.13. The Morgan fingerprint density at radius 3 is 2.71 bits per heavy atom. The van der Waals surface area contributed by atoms with Crippen LogP contribution in [-0.4, -0.2) is 12.6 Å². The Morgan fingerprint density at radius 2 is 2.18 bits per heavy atom. The molecule has 0 radical (unpaired) electrons. The molecule has 1 aliphatic carbocycles. The largest absolute Gasteiger partial charge is 0.465 e. The van der Waals surface area contributed by atoms with Gasteiger partial charge in [-0.05, 0) is 38.5 Å². The Kier molecular flexibility index (Phi) is 4.79. The summed E-state index contributed by atoms with van der Waals surface area (Å²) in [4.78, 5) is 11.1. The van der Waals surface area contributed by atoms with E-state index in [1.807, 2.05) is 6.92 Å². The SMILES string of the molecule is CCC(=O)OC[C@]1(C)C[C@H]1[C@@H](C)CC=C(C)C. The third-order valence-electron chi connectivity index (χ3n) is 3.86. The van der Waals surface area contributed by atoms with E-state index in [1.165, 1.54) is 12.0 Å². The van der Waals surface area contributed by atoms with Crippen LogP contribution in [0.4, 0.5) is 0 Å². The Morgan fingerprint density at radius 1 is 1.53 bits per heavy atom. The molecule has 2 nitrogen and oxygen atoms in total. The average Bonchev–Trinajstić information content (AvgIpc) is 2.96. The van der Waals surface area contributed by atoms with Crippen molar-refractivity contribution in [1.82, 2.24) is 0 Å². The highest BCUT2D eigenvalue weighted by molar-refractivity contribution is 5.68. The summed E-state index contributed by atoms with van der Waals surface area (Å²) in [5.74, 6) is 1.33. The number of carbonyl (C=O) groups is 1. The van der Waals surface area contributed by atoms with Crippen molar-refractivity contribution in [1.29, 1.82) is 0 Å². The first kappa shape index (κ1) is 14.3. The number of hydrogen-bond donors (Lipinski definition) is 0. The molecule has 3 atom stereocenters. The first-order valence-electron chi connectivity index (χ1n) is 6.68. The molecule has 0 saturated heterocycles. The second-order valence-corrected chi connectivity index (χ2v) is 5.97. The van der Waals surface area contributed by atoms with Crippen LogP contribution < -0.4 is 0 Å².